The molecule has 5 heteroatoms. The summed E-state index contributed by atoms with van der Waals surface area (Å²) in [6, 6.07) is 10.2. The van der Waals surface area contributed by atoms with Gasteiger partial charge in [-0.05, 0) is 23.3 Å². The Morgan fingerprint density at radius 1 is 1.10 bits per heavy atom. The third-order valence-electron chi connectivity index (χ3n) is 2.95. The molecule has 0 aromatic heterocycles. The van der Waals surface area contributed by atoms with Crippen LogP contribution in [0.1, 0.15) is 21.5 Å². The Morgan fingerprint density at radius 3 is 2.45 bits per heavy atom. The number of halogens is 2. The highest BCUT2D eigenvalue weighted by atomic mass is 19.1. The Balaban J connectivity index is 2.09. The highest BCUT2D eigenvalue weighted by Gasteiger charge is 2.12. The van der Waals surface area contributed by atoms with Crippen molar-refractivity contribution in [3.05, 3.63) is 70.8 Å². The fraction of sp³-hybridized carbons (Fsp3) is 0.133. The van der Waals surface area contributed by atoms with E-state index >= 15 is 0 Å². The van der Waals surface area contributed by atoms with Gasteiger partial charge >= 0.3 is 0 Å². The van der Waals surface area contributed by atoms with Crippen LogP contribution >= 0.6 is 0 Å². The maximum absolute atomic E-state index is 13.5. The minimum atomic E-state index is -0.880. The van der Waals surface area contributed by atoms with Crippen molar-refractivity contribution in [3.8, 4) is 0 Å². The van der Waals surface area contributed by atoms with E-state index in [9.17, 15) is 13.6 Å². The first-order valence-electron chi connectivity index (χ1n) is 6.12. The first kappa shape index (κ1) is 14.1. The standard InChI is InChI=1S/C15H14F2N2O/c16-12-5-6-13(14(17)7-12)15(20)19-9-11-4-2-1-3-10(11)8-18/h1-7H,8-9,18H2,(H,19,20). The first-order chi connectivity index (χ1) is 9.61. The van der Waals surface area contributed by atoms with Gasteiger partial charge in [0.25, 0.3) is 5.91 Å². The van der Waals surface area contributed by atoms with Crippen molar-refractivity contribution in [2.24, 2.45) is 5.73 Å². The summed E-state index contributed by atoms with van der Waals surface area (Å²) in [4.78, 5) is 11.8. The number of nitrogens with one attached hydrogen (secondary N) is 1. The van der Waals surface area contributed by atoms with Crippen molar-refractivity contribution in [2.75, 3.05) is 0 Å². The molecular formula is C15H14F2N2O. The lowest BCUT2D eigenvalue weighted by molar-refractivity contribution is 0.0946. The third kappa shape index (κ3) is 3.19. The molecule has 104 valence electrons. The number of nitrogens with two attached hydrogens (primary N) is 1. The van der Waals surface area contributed by atoms with Crippen molar-refractivity contribution < 1.29 is 13.6 Å². The molecule has 0 atom stereocenters. The van der Waals surface area contributed by atoms with Crippen LogP contribution in [0.3, 0.4) is 0 Å². The van der Waals surface area contributed by atoms with E-state index in [4.69, 9.17) is 5.73 Å². The highest BCUT2D eigenvalue weighted by molar-refractivity contribution is 5.94. The lowest BCUT2D eigenvalue weighted by atomic mass is 10.1. The first-order valence-corrected chi connectivity index (χ1v) is 6.12. The van der Waals surface area contributed by atoms with E-state index in [1.807, 2.05) is 24.3 Å². The van der Waals surface area contributed by atoms with Gasteiger partial charge in [-0.3, -0.25) is 4.79 Å². The minimum Gasteiger partial charge on any atom is -0.348 e. The number of amides is 1. The van der Waals surface area contributed by atoms with E-state index in [-0.39, 0.29) is 12.1 Å². The Bertz CT molecular complexity index is 629. The molecule has 2 aromatic rings. The van der Waals surface area contributed by atoms with Gasteiger partial charge < -0.3 is 11.1 Å². The molecule has 0 aliphatic carbocycles. The lowest BCUT2D eigenvalue weighted by Gasteiger charge is -2.09. The molecule has 3 N–H and O–H groups in total. The number of carbonyl (C=O) groups is 1. The summed E-state index contributed by atoms with van der Waals surface area (Å²) in [5.41, 5.74) is 7.19. The van der Waals surface area contributed by atoms with Crippen molar-refractivity contribution >= 4 is 5.91 Å². The van der Waals surface area contributed by atoms with Crippen molar-refractivity contribution in [3.63, 3.8) is 0 Å². The van der Waals surface area contributed by atoms with E-state index in [1.54, 1.807) is 0 Å². The fourth-order valence-corrected chi connectivity index (χ4v) is 1.87. The molecule has 0 saturated carbocycles. The molecule has 0 heterocycles. The van der Waals surface area contributed by atoms with Gasteiger partial charge in [0.05, 0.1) is 5.56 Å². The van der Waals surface area contributed by atoms with Gasteiger partial charge in [0.15, 0.2) is 0 Å². The zero-order valence-electron chi connectivity index (χ0n) is 10.7. The molecule has 3 nitrogen and oxygen atoms in total. The van der Waals surface area contributed by atoms with Gasteiger partial charge in [-0.25, -0.2) is 8.78 Å². The number of hydrogen-bond acceptors (Lipinski definition) is 2. The zero-order chi connectivity index (χ0) is 14.5. The van der Waals surface area contributed by atoms with E-state index in [0.29, 0.717) is 12.6 Å². The molecule has 20 heavy (non-hydrogen) atoms. The summed E-state index contributed by atoms with van der Waals surface area (Å²) < 4.78 is 26.2. The molecule has 2 rings (SSSR count). The third-order valence-corrected chi connectivity index (χ3v) is 2.95. The van der Waals surface area contributed by atoms with Crippen LogP contribution < -0.4 is 11.1 Å². The topological polar surface area (TPSA) is 55.1 Å². The lowest BCUT2D eigenvalue weighted by Crippen LogP contribution is -2.24. The summed E-state index contributed by atoms with van der Waals surface area (Å²) in [6.45, 7) is 0.597. The smallest absolute Gasteiger partial charge is 0.254 e. The highest BCUT2D eigenvalue weighted by Crippen LogP contribution is 2.11. The Labute approximate surface area is 115 Å². The monoisotopic (exact) mass is 276 g/mol. The van der Waals surface area contributed by atoms with Crippen LogP contribution in [-0.4, -0.2) is 5.91 Å². The number of carbonyl (C=O) groups excluding carboxylic acids is 1. The average Bonchev–Trinajstić information content (AvgIpc) is 2.45. The molecule has 2 aromatic carbocycles. The van der Waals surface area contributed by atoms with Crippen molar-refractivity contribution in [2.45, 2.75) is 13.1 Å². The molecule has 0 fully saturated rings. The molecule has 0 spiro atoms. The van der Waals surface area contributed by atoms with E-state index in [2.05, 4.69) is 5.32 Å². The summed E-state index contributed by atoms with van der Waals surface area (Å²) in [5.74, 6) is -2.18. The molecule has 0 bridgehead atoms. The number of hydrogen-bond donors (Lipinski definition) is 2. The van der Waals surface area contributed by atoms with Crippen LogP contribution in [-0.2, 0) is 13.1 Å². The maximum Gasteiger partial charge on any atom is 0.254 e. The van der Waals surface area contributed by atoms with Gasteiger partial charge in [0, 0.05) is 19.2 Å². The van der Waals surface area contributed by atoms with E-state index in [0.717, 1.165) is 23.3 Å². The molecular weight excluding hydrogens is 262 g/mol. The summed E-state index contributed by atoms with van der Waals surface area (Å²) in [6.07, 6.45) is 0. The quantitative estimate of drug-likeness (QED) is 0.900. The van der Waals surface area contributed by atoms with E-state index < -0.39 is 17.5 Å². The molecule has 0 saturated heterocycles. The van der Waals surface area contributed by atoms with Crippen LogP contribution in [0.4, 0.5) is 8.78 Å². The second-order valence-electron chi connectivity index (χ2n) is 4.28. The van der Waals surface area contributed by atoms with Crippen molar-refractivity contribution in [1.82, 2.24) is 5.32 Å². The van der Waals surface area contributed by atoms with Gasteiger partial charge in [0.2, 0.25) is 0 Å². The molecule has 0 aliphatic heterocycles. The zero-order valence-corrected chi connectivity index (χ0v) is 10.7. The largest absolute Gasteiger partial charge is 0.348 e. The van der Waals surface area contributed by atoms with Crippen LogP contribution in [0.25, 0.3) is 0 Å². The summed E-state index contributed by atoms with van der Waals surface area (Å²) in [7, 11) is 0. The van der Waals surface area contributed by atoms with Crippen LogP contribution in [0.15, 0.2) is 42.5 Å². The Hall–Kier alpha value is -2.27. The molecule has 0 aliphatic rings. The Kier molecular flexibility index (Phi) is 4.42. The van der Waals surface area contributed by atoms with Crippen LogP contribution in [0.5, 0.6) is 0 Å². The SMILES string of the molecule is NCc1ccccc1CNC(=O)c1ccc(F)cc1F. The van der Waals surface area contributed by atoms with Gasteiger partial charge in [0.1, 0.15) is 11.6 Å². The van der Waals surface area contributed by atoms with Gasteiger partial charge in [-0.1, -0.05) is 24.3 Å². The summed E-state index contributed by atoms with van der Waals surface area (Å²) >= 11 is 0. The number of benzene rings is 2. The predicted octanol–water partition coefficient (Wildman–Crippen LogP) is 2.35. The fourth-order valence-electron chi connectivity index (χ4n) is 1.87. The molecule has 0 unspecified atom stereocenters. The van der Waals surface area contributed by atoms with Crippen LogP contribution in [0.2, 0.25) is 0 Å². The summed E-state index contributed by atoms with van der Waals surface area (Å²) in [5, 5.41) is 2.59. The Morgan fingerprint density at radius 2 is 1.80 bits per heavy atom. The van der Waals surface area contributed by atoms with Crippen molar-refractivity contribution in [1.29, 1.82) is 0 Å². The van der Waals surface area contributed by atoms with Crippen LogP contribution in [0, 0.1) is 11.6 Å². The van der Waals surface area contributed by atoms with Gasteiger partial charge in [-0.2, -0.15) is 0 Å². The predicted molar refractivity (Wildman–Crippen MR) is 71.9 cm³/mol. The second-order valence-corrected chi connectivity index (χ2v) is 4.28. The van der Waals surface area contributed by atoms with Gasteiger partial charge in [-0.15, -0.1) is 0 Å². The normalized spacial score (nSPS) is 10.3. The maximum atomic E-state index is 13.5. The van der Waals surface area contributed by atoms with E-state index in [1.165, 1.54) is 0 Å². The second kappa shape index (κ2) is 6.25. The molecule has 0 radical (unpaired) electrons. The number of rotatable bonds is 4. The molecule has 1 amide bonds. The average molecular weight is 276 g/mol. The minimum absolute atomic E-state index is 0.184.